The first-order valence-corrected chi connectivity index (χ1v) is 11.4. The largest absolute Gasteiger partial charge is 0.465 e. The van der Waals surface area contributed by atoms with Crippen molar-refractivity contribution in [3.63, 3.8) is 0 Å². The van der Waals surface area contributed by atoms with Gasteiger partial charge in [-0.15, -0.1) is 0 Å². The van der Waals surface area contributed by atoms with Crippen LogP contribution in [0.1, 0.15) is 38.1 Å². The molecule has 2 aromatic carbocycles. The van der Waals surface area contributed by atoms with Crippen molar-refractivity contribution in [1.29, 1.82) is 0 Å². The quantitative estimate of drug-likeness (QED) is 0.238. The number of hydrogen-bond donors (Lipinski definition) is 2. The maximum atomic E-state index is 11.5. The highest BCUT2D eigenvalue weighted by Gasteiger charge is 2.06. The van der Waals surface area contributed by atoms with Gasteiger partial charge in [-0.25, -0.2) is 14.8 Å². The van der Waals surface area contributed by atoms with Crippen molar-refractivity contribution in [2.45, 2.75) is 37.6 Å². The number of methoxy groups -OCH3 is 1. The van der Waals surface area contributed by atoms with Crippen LogP contribution in [0.5, 0.6) is 0 Å². The third-order valence-electron chi connectivity index (χ3n) is 3.72. The Balaban J connectivity index is 0.00000129. The topological polar surface area (TPSA) is 93.2 Å². The van der Waals surface area contributed by atoms with E-state index in [4.69, 9.17) is 0 Å². The molecule has 0 saturated heterocycles. The average molecular weight is 467 g/mol. The number of aromatic nitrogens is 2. The summed E-state index contributed by atoms with van der Waals surface area (Å²) < 4.78 is 4.69. The predicted octanol–water partition coefficient (Wildman–Crippen LogP) is 6.33. The van der Waals surface area contributed by atoms with Gasteiger partial charge in [0, 0.05) is 22.5 Å². The van der Waals surface area contributed by atoms with Gasteiger partial charge < -0.3 is 15.4 Å². The molecule has 0 radical (unpaired) electrons. The van der Waals surface area contributed by atoms with Crippen LogP contribution < -0.4 is 10.6 Å². The fourth-order valence-corrected chi connectivity index (χ4v) is 3.09. The minimum atomic E-state index is -0.388. The summed E-state index contributed by atoms with van der Waals surface area (Å²) in [7, 11) is 1.34. The number of anilines is 3. The first kappa shape index (κ1) is 27.4. The molecule has 0 aliphatic carbocycles. The highest BCUT2D eigenvalue weighted by molar-refractivity contribution is 7.99. The Morgan fingerprint density at radius 2 is 1.55 bits per heavy atom. The van der Waals surface area contributed by atoms with Gasteiger partial charge in [-0.3, -0.25) is 4.79 Å². The molecule has 1 amide bonds. The molecule has 0 spiro atoms. The molecule has 0 saturated carbocycles. The van der Waals surface area contributed by atoms with E-state index in [1.165, 1.54) is 24.9 Å². The average Bonchev–Trinajstić information content (AvgIpc) is 2.88. The molecule has 2 N–H and O–H groups in total. The van der Waals surface area contributed by atoms with Crippen LogP contribution in [0.3, 0.4) is 0 Å². The summed E-state index contributed by atoms with van der Waals surface area (Å²) in [5.41, 5.74) is 1.91. The summed E-state index contributed by atoms with van der Waals surface area (Å²) in [5.74, 6) is -0.200. The Bertz CT molecular complexity index is 1020. The van der Waals surface area contributed by atoms with Crippen LogP contribution >= 0.6 is 11.8 Å². The fraction of sp³-hybridized carbons (Fsp3) is 0.200. The lowest BCUT2D eigenvalue weighted by Crippen LogP contribution is -2.06. The van der Waals surface area contributed by atoms with Gasteiger partial charge >= 0.3 is 5.97 Å². The van der Waals surface area contributed by atoms with E-state index in [1.807, 2.05) is 58.0 Å². The van der Waals surface area contributed by atoms with Crippen LogP contribution in [-0.4, -0.2) is 29.0 Å². The van der Waals surface area contributed by atoms with Crippen molar-refractivity contribution in [3.05, 3.63) is 79.0 Å². The summed E-state index contributed by atoms with van der Waals surface area (Å²) in [6.45, 7) is 11.4. The van der Waals surface area contributed by atoms with Crippen LogP contribution in [-0.2, 0) is 9.53 Å². The molecule has 0 bridgehead atoms. The van der Waals surface area contributed by atoms with E-state index in [0.717, 1.165) is 15.6 Å². The molecule has 8 heteroatoms. The Morgan fingerprint density at radius 1 is 0.939 bits per heavy atom. The molecule has 7 nitrogen and oxygen atoms in total. The zero-order valence-corrected chi connectivity index (χ0v) is 20.4. The minimum absolute atomic E-state index is 0.253. The molecular weight excluding hydrogens is 436 g/mol. The second kappa shape index (κ2) is 15.2. The third-order valence-corrected chi connectivity index (χ3v) is 4.67. The number of hydrogen-bond acceptors (Lipinski definition) is 7. The van der Waals surface area contributed by atoms with Crippen molar-refractivity contribution < 1.29 is 14.3 Å². The Morgan fingerprint density at radius 3 is 2.12 bits per heavy atom. The van der Waals surface area contributed by atoms with Crippen molar-refractivity contribution in [2.24, 2.45) is 0 Å². The lowest BCUT2D eigenvalue weighted by molar-refractivity contribution is -0.111. The summed E-state index contributed by atoms with van der Waals surface area (Å²) >= 11 is 1.47. The van der Waals surface area contributed by atoms with Crippen molar-refractivity contribution in [3.8, 4) is 0 Å². The number of carbonyl (C=O) groups is 2. The van der Waals surface area contributed by atoms with E-state index in [1.54, 1.807) is 30.5 Å². The first-order chi connectivity index (χ1) is 16.1. The smallest absolute Gasteiger partial charge is 0.337 e. The number of amides is 1. The Kier molecular flexibility index (Phi) is 12.6. The number of carbonyl (C=O) groups excluding carboxylic acids is 2. The van der Waals surface area contributed by atoms with E-state index in [0.29, 0.717) is 17.2 Å². The molecule has 1 aromatic heterocycles. The van der Waals surface area contributed by atoms with E-state index >= 15 is 0 Å². The predicted molar refractivity (Wildman–Crippen MR) is 135 cm³/mol. The maximum absolute atomic E-state index is 11.5. The first-order valence-electron chi connectivity index (χ1n) is 10.6. The highest BCUT2D eigenvalue weighted by Crippen LogP contribution is 2.28. The van der Waals surface area contributed by atoms with Gasteiger partial charge in [0.25, 0.3) is 0 Å². The highest BCUT2D eigenvalue weighted by atomic mass is 32.2. The van der Waals surface area contributed by atoms with E-state index in [9.17, 15) is 9.59 Å². The van der Waals surface area contributed by atoms with Gasteiger partial charge in [0.15, 0.2) is 0 Å². The second-order valence-corrected chi connectivity index (χ2v) is 6.83. The van der Waals surface area contributed by atoms with Crippen LogP contribution in [0.2, 0.25) is 0 Å². The molecule has 3 rings (SSSR count). The molecule has 0 atom stereocenters. The van der Waals surface area contributed by atoms with E-state index in [-0.39, 0.29) is 11.9 Å². The van der Waals surface area contributed by atoms with Gasteiger partial charge in [0.05, 0.1) is 12.7 Å². The monoisotopic (exact) mass is 466 g/mol. The zero-order chi connectivity index (χ0) is 24.6. The van der Waals surface area contributed by atoms with Crippen LogP contribution in [0.25, 0.3) is 0 Å². The van der Waals surface area contributed by atoms with Gasteiger partial charge in [-0.05, 0) is 60.7 Å². The summed E-state index contributed by atoms with van der Waals surface area (Å²) in [6, 6.07) is 16.1. The van der Waals surface area contributed by atoms with Crippen molar-refractivity contribution in [1.82, 2.24) is 9.97 Å². The summed E-state index contributed by atoms with van der Waals surface area (Å²) in [6.07, 6.45) is 2.89. The van der Waals surface area contributed by atoms with Gasteiger partial charge in [0.2, 0.25) is 11.9 Å². The van der Waals surface area contributed by atoms with Crippen LogP contribution in [0.4, 0.5) is 17.3 Å². The van der Waals surface area contributed by atoms with Gasteiger partial charge in [-0.1, -0.05) is 46.0 Å². The van der Waals surface area contributed by atoms with E-state index in [2.05, 4.69) is 31.9 Å². The van der Waals surface area contributed by atoms with Crippen molar-refractivity contribution in [2.75, 3.05) is 17.7 Å². The van der Waals surface area contributed by atoms with Crippen LogP contribution in [0, 0.1) is 0 Å². The molecular formula is C25H30N4O3S. The molecule has 0 fully saturated rings. The van der Waals surface area contributed by atoms with Crippen molar-refractivity contribution >= 4 is 41.0 Å². The fourth-order valence-electron chi connectivity index (χ4n) is 2.32. The van der Waals surface area contributed by atoms with E-state index < -0.39 is 0 Å². The summed E-state index contributed by atoms with van der Waals surface area (Å²) in [4.78, 5) is 32.5. The lowest BCUT2D eigenvalue weighted by atomic mass is 10.2. The molecule has 0 unspecified atom stereocenters. The number of nitrogens with one attached hydrogen (secondary N) is 2. The molecule has 3 aromatic rings. The Hall–Kier alpha value is -3.65. The normalized spacial score (nSPS) is 9.24. The maximum Gasteiger partial charge on any atom is 0.337 e. The minimum Gasteiger partial charge on any atom is -0.465 e. The van der Waals surface area contributed by atoms with Gasteiger partial charge in [0.1, 0.15) is 5.03 Å². The zero-order valence-electron chi connectivity index (χ0n) is 19.6. The molecule has 0 aliphatic heterocycles. The SMILES string of the molecule is C=CC(=O)Nc1ccc(Sc2ccnc(Nc3ccc(C(=O)OC)cc3)n2)cc1.CC.CC. The second-order valence-electron chi connectivity index (χ2n) is 5.73. The number of benzene rings is 2. The lowest BCUT2D eigenvalue weighted by Gasteiger charge is -2.08. The number of rotatable bonds is 7. The summed E-state index contributed by atoms with van der Waals surface area (Å²) in [5, 5.41) is 6.57. The van der Waals surface area contributed by atoms with Crippen LogP contribution in [0.15, 0.2) is 83.4 Å². The standard InChI is InChI=1S/C21H18N4O3S.2C2H6/c1-3-18(26)23-15-8-10-17(11-9-15)29-19-12-13-22-21(25-19)24-16-6-4-14(5-7-16)20(27)28-2;2*1-2/h3-13H,1H2,2H3,(H,23,26)(H,22,24,25);2*1-2H3. The number of esters is 1. The molecule has 1 heterocycles. The number of nitrogens with zero attached hydrogens (tertiary/aromatic N) is 2. The molecule has 174 valence electrons. The molecule has 0 aliphatic rings. The Labute approximate surface area is 199 Å². The number of ether oxygens (including phenoxy) is 1. The third kappa shape index (κ3) is 9.16. The van der Waals surface area contributed by atoms with Gasteiger partial charge in [-0.2, -0.15) is 0 Å². The molecule has 33 heavy (non-hydrogen) atoms.